The highest BCUT2D eigenvalue weighted by Gasteiger charge is 2.57. The van der Waals surface area contributed by atoms with E-state index in [0.29, 0.717) is 17.3 Å². The summed E-state index contributed by atoms with van der Waals surface area (Å²) >= 11 is 0. The molecule has 3 rings (SSSR count). The number of rotatable bonds is 2. The molecule has 2 N–H and O–H groups in total. The SMILES string of the molecule is Cn1cc([C@H]2[C@H](CN)C2(C)C)c2ccccc21. The Labute approximate surface area is 102 Å². The number of hydrogen-bond donors (Lipinski definition) is 1. The summed E-state index contributed by atoms with van der Waals surface area (Å²) in [5.74, 6) is 1.26. The van der Waals surface area contributed by atoms with E-state index in [4.69, 9.17) is 5.73 Å². The van der Waals surface area contributed by atoms with E-state index in [-0.39, 0.29) is 0 Å². The predicted octanol–water partition coefficient (Wildman–Crippen LogP) is 2.88. The van der Waals surface area contributed by atoms with Crippen LogP contribution in [0.4, 0.5) is 0 Å². The minimum absolute atomic E-state index is 0.360. The molecule has 17 heavy (non-hydrogen) atoms. The summed E-state index contributed by atoms with van der Waals surface area (Å²) in [6.45, 7) is 5.45. The Morgan fingerprint density at radius 2 is 2.00 bits per heavy atom. The van der Waals surface area contributed by atoms with Crippen molar-refractivity contribution in [2.75, 3.05) is 6.54 Å². The second-order valence-electron chi connectivity index (χ2n) is 5.85. The summed E-state index contributed by atoms with van der Waals surface area (Å²) < 4.78 is 2.23. The number of nitrogens with two attached hydrogens (primary N) is 1. The molecular weight excluding hydrogens is 208 g/mol. The van der Waals surface area contributed by atoms with Crippen LogP contribution in [-0.4, -0.2) is 11.1 Å². The van der Waals surface area contributed by atoms with Crippen LogP contribution in [0, 0.1) is 11.3 Å². The highest BCUT2D eigenvalue weighted by Crippen LogP contribution is 2.64. The fraction of sp³-hybridized carbons (Fsp3) is 0.467. The Morgan fingerprint density at radius 3 is 2.65 bits per heavy atom. The largest absolute Gasteiger partial charge is 0.350 e. The molecule has 1 fully saturated rings. The molecule has 0 unspecified atom stereocenters. The predicted molar refractivity (Wildman–Crippen MR) is 72.0 cm³/mol. The van der Waals surface area contributed by atoms with E-state index in [1.54, 1.807) is 0 Å². The van der Waals surface area contributed by atoms with Crippen LogP contribution in [0.2, 0.25) is 0 Å². The maximum absolute atomic E-state index is 5.88. The Balaban J connectivity index is 2.14. The molecule has 1 aliphatic rings. The molecule has 0 aliphatic heterocycles. The standard InChI is InChI=1S/C15H20N2/c1-15(2)12(8-16)14(15)11-9-17(3)13-7-5-4-6-10(11)13/h4-7,9,12,14H,8,16H2,1-3H3/t12-,14-/m0/s1. The summed E-state index contributed by atoms with van der Waals surface area (Å²) in [4.78, 5) is 0. The number of para-hydroxylation sites is 1. The molecule has 0 amide bonds. The molecule has 1 aliphatic carbocycles. The van der Waals surface area contributed by atoms with Crippen molar-refractivity contribution in [1.82, 2.24) is 4.57 Å². The van der Waals surface area contributed by atoms with E-state index < -0.39 is 0 Å². The van der Waals surface area contributed by atoms with Gasteiger partial charge >= 0.3 is 0 Å². The van der Waals surface area contributed by atoms with Gasteiger partial charge in [0.2, 0.25) is 0 Å². The number of nitrogens with zero attached hydrogens (tertiary/aromatic N) is 1. The first-order valence-electron chi connectivity index (χ1n) is 6.31. The van der Waals surface area contributed by atoms with E-state index >= 15 is 0 Å². The molecule has 90 valence electrons. The van der Waals surface area contributed by atoms with Gasteiger partial charge in [-0.2, -0.15) is 0 Å². The molecule has 2 nitrogen and oxygen atoms in total. The summed E-state index contributed by atoms with van der Waals surface area (Å²) in [7, 11) is 2.12. The first-order chi connectivity index (χ1) is 8.07. The number of hydrogen-bond acceptors (Lipinski definition) is 1. The first kappa shape index (κ1) is 10.8. The summed E-state index contributed by atoms with van der Waals surface area (Å²) in [6, 6.07) is 8.64. The van der Waals surface area contributed by atoms with Gasteiger partial charge in [-0.15, -0.1) is 0 Å². The van der Waals surface area contributed by atoms with Crippen LogP contribution in [0.25, 0.3) is 10.9 Å². The molecule has 2 atom stereocenters. The van der Waals surface area contributed by atoms with Crippen molar-refractivity contribution < 1.29 is 0 Å². The van der Waals surface area contributed by atoms with E-state index in [1.165, 1.54) is 16.5 Å². The Morgan fingerprint density at radius 1 is 1.29 bits per heavy atom. The lowest BCUT2D eigenvalue weighted by atomic mass is 10.0. The normalized spacial score (nSPS) is 26.4. The fourth-order valence-electron chi connectivity index (χ4n) is 3.42. The second-order valence-corrected chi connectivity index (χ2v) is 5.85. The van der Waals surface area contributed by atoms with Crippen LogP contribution >= 0.6 is 0 Å². The molecule has 2 heteroatoms. The zero-order valence-electron chi connectivity index (χ0n) is 10.8. The highest BCUT2D eigenvalue weighted by atomic mass is 14.9. The third-order valence-electron chi connectivity index (χ3n) is 4.57. The smallest absolute Gasteiger partial charge is 0.0480 e. The van der Waals surface area contributed by atoms with Gasteiger partial charge < -0.3 is 10.3 Å². The van der Waals surface area contributed by atoms with Gasteiger partial charge in [0, 0.05) is 24.1 Å². The summed E-state index contributed by atoms with van der Waals surface area (Å²) in [6.07, 6.45) is 2.28. The van der Waals surface area contributed by atoms with Crippen LogP contribution in [0.15, 0.2) is 30.5 Å². The van der Waals surface area contributed by atoms with Gasteiger partial charge in [-0.1, -0.05) is 32.0 Å². The van der Waals surface area contributed by atoms with Crippen molar-refractivity contribution in [1.29, 1.82) is 0 Å². The van der Waals surface area contributed by atoms with Crippen LogP contribution < -0.4 is 5.73 Å². The lowest BCUT2D eigenvalue weighted by molar-refractivity contribution is 0.559. The quantitative estimate of drug-likeness (QED) is 0.842. The van der Waals surface area contributed by atoms with Crippen LogP contribution in [0.1, 0.15) is 25.3 Å². The van der Waals surface area contributed by atoms with Crippen molar-refractivity contribution in [3.63, 3.8) is 0 Å². The van der Waals surface area contributed by atoms with Gasteiger partial charge in [-0.05, 0) is 35.4 Å². The van der Waals surface area contributed by atoms with Gasteiger partial charge in [-0.25, -0.2) is 0 Å². The molecule has 1 heterocycles. The average Bonchev–Trinajstić information content (AvgIpc) is 2.70. The first-order valence-corrected chi connectivity index (χ1v) is 6.31. The minimum atomic E-state index is 0.360. The minimum Gasteiger partial charge on any atom is -0.350 e. The van der Waals surface area contributed by atoms with Gasteiger partial charge in [0.25, 0.3) is 0 Å². The van der Waals surface area contributed by atoms with Crippen LogP contribution in [0.5, 0.6) is 0 Å². The molecule has 1 aromatic heterocycles. The molecule has 0 bridgehead atoms. The summed E-state index contributed by atoms with van der Waals surface area (Å²) in [5.41, 5.74) is 9.04. The Bertz CT molecular complexity index is 565. The van der Waals surface area contributed by atoms with Crippen molar-refractivity contribution in [2.45, 2.75) is 19.8 Å². The third-order valence-corrected chi connectivity index (χ3v) is 4.57. The summed E-state index contributed by atoms with van der Waals surface area (Å²) in [5, 5.41) is 1.39. The molecule has 0 saturated heterocycles. The van der Waals surface area contributed by atoms with Gasteiger partial charge in [0.15, 0.2) is 0 Å². The Kier molecular flexibility index (Phi) is 2.14. The highest BCUT2D eigenvalue weighted by molar-refractivity contribution is 5.85. The van der Waals surface area contributed by atoms with E-state index in [9.17, 15) is 0 Å². The van der Waals surface area contributed by atoms with E-state index in [2.05, 4.69) is 55.9 Å². The lowest BCUT2D eigenvalue weighted by Gasteiger charge is -2.01. The van der Waals surface area contributed by atoms with E-state index in [1.807, 2.05) is 0 Å². The molecule has 0 radical (unpaired) electrons. The van der Waals surface area contributed by atoms with Gasteiger partial charge in [0.1, 0.15) is 0 Å². The Hall–Kier alpha value is -1.28. The number of aryl methyl sites for hydroxylation is 1. The monoisotopic (exact) mass is 228 g/mol. The topological polar surface area (TPSA) is 30.9 Å². The molecule has 1 saturated carbocycles. The number of benzene rings is 1. The zero-order chi connectivity index (χ0) is 12.2. The number of aromatic nitrogens is 1. The van der Waals surface area contributed by atoms with Crippen molar-refractivity contribution in [3.05, 3.63) is 36.0 Å². The van der Waals surface area contributed by atoms with Crippen molar-refractivity contribution in [3.8, 4) is 0 Å². The van der Waals surface area contributed by atoms with Gasteiger partial charge in [-0.3, -0.25) is 0 Å². The van der Waals surface area contributed by atoms with Crippen LogP contribution in [-0.2, 0) is 7.05 Å². The fourth-order valence-corrected chi connectivity index (χ4v) is 3.42. The maximum atomic E-state index is 5.88. The third kappa shape index (κ3) is 1.37. The lowest BCUT2D eigenvalue weighted by Crippen LogP contribution is -2.05. The van der Waals surface area contributed by atoms with E-state index in [0.717, 1.165) is 6.54 Å². The molecule has 0 spiro atoms. The maximum Gasteiger partial charge on any atom is 0.0480 e. The van der Waals surface area contributed by atoms with Crippen LogP contribution in [0.3, 0.4) is 0 Å². The molecule has 2 aromatic rings. The second kappa shape index (κ2) is 3.36. The van der Waals surface area contributed by atoms with Crippen molar-refractivity contribution in [2.24, 2.45) is 24.1 Å². The van der Waals surface area contributed by atoms with Crippen molar-refractivity contribution >= 4 is 10.9 Å². The average molecular weight is 228 g/mol. The van der Waals surface area contributed by atoms with Gasteiger partial charge in [0.05, 0.1) is 0 Å². The zero-order valence-corrected chi connectivity index (χ0v) is 10.8. The number of fused-ring (bicyclic) bond motifs is 1. The molecule has 1 aromatic carbocycles. The molecular formula is C15H20N2.